The highest BCUT2D eigenvalue weighted by Crippen LogP contribution is 2.29. The van der Waals surface area contributed by atoms with E-state index in [1.807, 2.05) is 85.9 Å². The molecule has 6 heteroatoms. The fourth-order valence-corrected chi connectivity index (χ4v) is 4.75. The summed E-state index contributed by atoms with van der Waals surface area (Å²) in [6.07, 6.45) is 1.63. The summed E-state index contributed by atoms with van der Waals surface area (Å²) >= 11 is 0. The minimum Gasteiger partial charge on any atom is -0.497 e. The Hall–Kier alpha value is -4.58. The van der Waals surface area contributed by atoms with Crippen LogP contribution in [0.25, 0.3) is 44.1 Å². The van der Waals surface area contributed by atoms with Gasteiger partial charge in [-0.15, -0.1) is 0 Å². The number of ether oxygens (including phenoxy) is 1. The van der Waals surface area contributed by atoms with Crippen LogP contribution in [0.4, 0.5) is 0 Å². The number of rotatable bonds is 4. The Balaban J connectivity index is 1.70. The van der Waals surface area contributed by atoms with Gasteiger partial charge in [-0.3, -0.25) is 9.59 Å². The van der Waals surface area contributed by atoms with Crippen molar-refractivity contribution in [1.29, 1.82) is 0 Å². The van der Waals surface area contributed by atoms with E-state index in [4.69, 9.17) is 9.15 Å². The highest BCUT2D eigenvalue weighted by Gasteiger charge is 2.20. The molecule has 0 saturated carbocycles. The average molecular weight is 463 g/mol. The quantitative estimate of drug-likeness (QED) is 0.356. The predicted molar refractivity (Wildman–Crippen MR) is 138 cm³/mol. The maximum Gasteiger partial charge on any atom is 0.275 e. The smallest absolute Gasteiger partial charge is 0.275 e. The van der Waals surface area contributed by atoms with E-state index >= 15 is 0 Å². The van der Waals surface area contributed by atoms with Crippen molar-refractivity contribution in [3.05, 3.63) is 111 Å². The van der Waals surface area contributed by atoms with Gasteiger partial charge in [-0.1, -0.05) is 48.5 Å². The van der Waals surface area contributed by atoms with Gasteiger partial charge in [0.25, 0.3) is 5.56 Å². The van der Waals surface area contributed by atoms with Gasteiger partial charge in [-0.2, -0.15) is 0 Å². The summed E-state index contributed by atoms with van der Waals surface area (Å²) in [5.74, 6) is 1.17. The summed E-state index contributed by atoms with van der Waals surface area (Å²) in [4.78, 5) is 27.9. The molecule has 3 aromatic carbocycles. The molecule has 0 spiro atoms. The molecule has 0 aliphatic rings. The summed E-state index contributed by atoms with van der Waals surface area (Å²) in [6, 6.07) is 24.6. The van der Waals surface area contributed by atoms with Crippen molar-refractivity contribution in [2.24, 2.45) is 7.05 Å². The third-order valence-corrected chi connectivity index (χ3v) is 6.53. The first-order chi connectivity index (χ1) is 17.0. The number of hydrogen-bond donors (Lipinski definition) is 0. The summed E-state index contributed by atoms with van der Waals surface area (Å²) in [5, 5.41) is 2.04. The molecule has 6 nitrogen and oxygen atoms in total. The van der Waals surface area contributed by atoms with Crippen LogP contribution in [-0.4, -0.2) is 16.2 Å². The van der Waals surface area contributed by atoms with Crippen molar-refractivity contribution in [2.75, 3.05) is 7.11 Å². The SMILES string of the molecule is COc1ccc(Cn2cc(-c3cc4ccccc4o3)c(=O)c3c4ccccc4n(C)c3c2=O)cc1. The average Bonchev–Trinajstić information content (AvgIpc) is 3.42. The summed E-state index contributed by atoms with van der Waals surface area (Å²) in [6.45, 7) is 0.292. The summed E-state index contributed by atoms with van der Waals surface area (Å²) in [5.41, 5.74) is 2.66. The van der Waals surface area contributed by atoms with E-state index < -0.39 is 0 Å². The first-order valence-corrected chi connectivity index (χ1v) is 11.3. The second-order valence-electron chi connectivity index (χ2n) is 8.60. The van der Waals surface area contributed by atoms with Crippen LogP contribution in [0.2, 0.25) is 0 Å². The minimum absolute atomic E-state index is 0.235. The van der Waals surface area contributed by atoms with Crippen molar-refractivity contribution < 1.29 is 9.15 Å². The van der Waals surface area contributed by atoms with Gasteiger partial charge in [-0.25, -0.2) is 0 Å². The molecule has 6 rings (SSSR count). The lowest BCUT2D eigenvalue weighted by atomic mass is 10.1. The van der Waals surface area contributed by atoms with E-state index in [1.54, 1.807) is 22.4 Å². The Morgan fingerprint density at radius 2 is 1.66 bits per heavy atom. The van der Waals surface area contributed by atoms with E-state index in [0.717, 1.165) is 27.6 Å². The maximum atomic E-state index is 14.0. The molecule has 3 heterocycles. The molecule has 0 atom stereocenters. The third-order valence-electron chi connectivity index (χ3n) is 6.53. The topological polar surface area (TPSA) is 66.4 Å². The van der Waals surface area contributed by atoms with Crippen LogP contribution in [0.3, 0.4) is 0 Å². The second kappa shape index (κ2) is 8.02. The number of fused-ring (bicyclic) bond motifs is 4. The fraction of sp³-hybridized carbons (Fsp3) is 0.103. The Bertz CT molecular complexity index is 1820. The molecule has 172 valence electrons. The number of methoxy groups -OCH3 is 1. The molecule has 0 amide bonds. The molecule has 0 saturated heterocycles. The highest BCUT2D eigenvalue weighted by molar-refractivity contribution is 6.08. The van der Waals surface area contributed by atoms with Crippen molar-refractivity contribution in [3.63, 3.8) is 0 Å². The van der Waals surface area contributed by atoms with Crippen molar-refractivity contribution >= 4 is 32.8 Å². The number of aryl methyl sites for hydroxylation is 1. The first kappa shape index (κ1) is 21.0. The molecular formula is C29H22N2O4. The Kier molecular flexibility index (Phi) is 4.81. The normalized spacial score (nSPS) is 11.5. The third kappa shape index (κ3) is 3.34. The molecule has 0 unspecified atom stereocenters. The lowest BCUT2D eigenvalue weighted by Crippen LogP contribution is -2.19. The minimum atomic E-state index is -0.242. The van der Waals surface area contributed by atoms with E-state index in [0.29, 0.717) is 34.4 Å². The summed E-state index contributed by atoms with van der Waals surface area (Å²) in [7, 11) is 3.44. The van der Waals surface area contributed by atoms with Crippen LogP contribution in [0.5, 0.6) is 5.75 Å². The van der Waals surface area contributed by atoms with Gasteiger partial charge in [0, 0.05) is 29.5 Å². The molecular weight excluding hydrogens is 440 g/mol. The zero-order valence-electron chi connectivity index (χ0n) is 19.3. The lowest BCUT2D eigenvalue weighted by molar-refractivity contribution is 0.414. The van der Waals surface area contributed by atoms with Crippen LogP contribution in [0.1, 0.15) is 5.56 Å². The zero-order valence-corrected chi connectivity index (χ0v) is 19.3. The van der Waals surface area contributed by atoms with Gasteiger partial charge in [0.1, 0.15) is 22.6 Å². The van der Waals surface area contributed by atoms with Gasteiger partial charge in [-0.05, 0) is 35.9 Å². The van der Waals surface area contributed by atoms with E-state index in [1.165, 1.54) is 0 Å². The van der Waals surface area contributed by atoms with Gasteiger partial charge in [0.05, 0.1) is 24.6 Å². The van der Waals surface area contributed by atoms with Crippen LogP contribution < -0.4 is 15.7 Å². The predicted octanol–water partition coefficient (Wildman–Crippen LogP) is 5.32. The largest absolute Gasteiger partial charge is 0.497 e. The number of aromatic nitrogens is 2. The van der Waals surface area contributed by atoms with Crippen LogP contribution in [0, 0.1) is 0 Å². The molecule has 0 bridgehead atoms. The van der Waals surface area contributed by atoms with Gasteiger partial charge < -0.3 is 18.3 Å². The molecule has 0 fully saturated rings. The molecule has 0 N–H and O–H groups in total. The van der Waals surface area contributed by atoms with Gasteiger partial charge >= 0.3 is 0 Å². The molecule has 35 heavy (non-hydrogen) atoms. The second-order valence-corrected chi connectivity index (χ2v) is 8.60. The number of nitrogens with zero attached hydrogens (tertiary/aromatic N) is 2. The van der Waals surface area contributed by atoms with E-state index in [9.17, 15) is 9.59 Å². The molecule has 0 aliphatic carbocycles. The van der Waals surface area contributed by atoms with Crippen molar-refractivity contribution in [3.8, 4) is 17.1 Å². The molecule has 6 aromatic rings. The molecule has 3 aromatic heterocycles. The summed E-state index contributed by atoms with van der Waals surface area (Å²) < 4.78 is 14.7. The number of para-hydroxylation sites is 2. The Morgan fingerprint density at radius 1 is 0.914 bits per heavy atom. The van der Waals surface area contributed by atoms with Crippen LogP contribution in [-0.2, 0) is 13.6 Å². The maximum absolute atomic E-state index is 14.0. The Labute approximate surface area is 200 Å². The van der Waals surface area contributed by atoms with Crippen molar-refractivity contribution in [2.45, 2.75) is 6.54 Å². The van der Waals surface area contributed by atoms with Crippen molar-refractivity contribution in [1.82, 2.24) is 9.13 Å². The molecule has 0 aliphatic heterocycles. The Morgan fingerprint density at radius 3 is 2.43 bits per heavy atom. The number of furan rings is 1. The lowest BCUT2D eigenvalue weighted by Gasteiger charge is -2.06. The molecule has 0 radical (unpaired) electrons. The van der Waals surface area contributed by atoms with Gasteiger partial charge in [0.2, 0.25) is 5.43 Å². The monoisotopic (exact) mass is 462 g/mol. The first-order valence-electron chi connectivity index (χ1n) is 11.3. The highest BCUT2D eigenvalue weighted by atomic mass is 16.5. The fourth-order valence-electron chi connectivity index (χ4n) is 4.75. The van der Waals surface area contributed by atoms with Gasteiger partial charge in [0.15, 0.2) is 0 Å². The van der Waals surface area contributed by atoms with Crippen LogP contribution >= 0.6 is 0 Å². The van der Waals surface area contributed by atoms with E-state index in [-0.39, 0.29) is 11.0 Å². The van der Waals surface area contributed by atoms with E-state index in [2.05, 4.69) is 0 Å². The standard InChI is InChI=1S/C29H22N2O4/c1-30-23-9-5-4-8-21(23)26-27(30)29(33)31(16-18-11-13-20(34-2)14-12-18)17-22(28(26)32)25-15-19-7-3-6-10-24(19)35-25/h3-15,17H,16H2,1-2H3. The number of hydrogen-bond acceptors (Lipinski definition) is 4. The zero-order chi connectivity index (χ0) is 24.1. The van der Waals surface area contributed by atoms with Crippen LogP contribution in [0.15, 0.2) is 99.1 Å². The number of benzene rings is 3.